The molecule has 136 valence electrons. The first kappa shape index (κ1) is 17.9. The number of fused-ring (bicyclic) bond motifs is 1. The van der Waals surface area contributed by atoms with Gasteiger partial charge in [0.05, 0.1) is 0 Å². The van der Waals surface area contributed by atoms with Crippen molar-refractivity contribution < 1.29 is 18.0 Å². The molecule has 1 atom stereocenters. The number of carbonyl (C=O) groups excluding carboxylic acids is 1. The molecule has 2 aliphatic rings. The first-order valence-corrected chi connectivity index (χ1v) is 8.83. The van der Waals surface area contributed by atoms with Crippen LogP contribution >= 0.6 is 0 Å². The maximum Gasteiger partial charge on any atom is 0.433 e. The molecular formula is C18H22F3N3O. The van der Waals surface area contributed by atoms with Crippen molar-refractivity contribution in [2.24, 2.45) is 5.92 Å². The van der Waals surface area contributed by atoms with E-state index in [9.17, 15) is 18.0 Å². The second-order valence-electron chi connectivity index (χ2n) is 6.64. The van der Waals surface area contributed by atoms with Gasteiger partial charge in [-0.2, -0.15) is 13.2 Å². The number of rotatable bonds is 4. The van der Waals surface area contributed by atoms with Gasteiger partial charge in [-0.1, -0.05) is 12.2 Å². The molecule has 1 N–H and O–H groups in total. The van der Waals surface area contributed by atoms with Crippen LogP contribution in [0, 0.1) is 5.92 Å². The lowest BCUT2D eigenvalue weighted by Crippen LogP contribution is -2.33. The van der Waals surface area contributed by atoms with E-state index in [4.69, 9.17) is 0 Å². The molecule has 1 unspecified atom stereocenters. The molecule has 7 heteroatoms. The zero-order chi connectivity index (χ0) is 17.9. The quantitative estimate of drug-likeness (QED) is 0.844. The van der Waals surface area contributed by atoms with E-state index in [1.807, 2.05) is 6.08 Å². The molecule has 0 saturated carbocycles. The lowest BCUT2D eigenvalue weighted by molar-refractivity contribution is -0.142. The van der Waals surface area contributed by atoms with Crippen LogP contribution in [0.2, 0.25) is 0 Å². The predicted molar refractivity (Wildman–Crippen MR) is 86.9 cm³/mol. The molecule has 0 aromatic carbocycles. The van der Waals surface area contributed by atoms with E-state index >= 15 is 0 Å². The van der Waals surface area contributed by atoms with Crippen molar-refractivity contribution in [3.05, 3.63) is 34.9 Å². The third-order valence-electron chi connectivity index (χ3n) is 4.79. The Hall–Kier alpha value is -1.92. The number of allylic oxidation sites excluding steroid dienone is 2. The van der Waals surface area contributed by atoms with Gasteiger partial charge in [0, 0.05) is 30.1 Å². The van der Waals surface area contributed by atoms with Crippen molar-refractivity contribution in [3.8, 4) is 0 Å². The van der Waals surface area contributed by atoms with Crippen molar-refractivity contribution >= 4 is 5.91 Å². The van der Waals surface area contributed by atoms with Crippen LogP contribution in [0.25, 0.3) is 0 Å². The fourth-order valence-electron chi connectivity index (χ4n) is 3.47. The summed E-state index contributed by atoms with van der Waals surface area (Å²) in [5.74, 6) is 0.0790. The Morgan fingerprint density at radius 3 is 2.72 bits per heavy atom. The summed E-state index contributed by atoms with van der Waals surface area (Å²) in [7, 11) is 0. The monoisotopic (exact) mass is 353 g/mol. The molecular weight excluding hydrogens is 331 g/mol. The molecule has 3 rings (SSSR count). The Kier molecular flexibility index (Phi) is 5.39. The molecule has 0 aliphatic heterocycles. The van der Waals surface area contributed by atoms with Gasteiger partial charge in [-0.3, -0.25) is 4.79 Å². The van der Waals surface area contributed by atoms with Gasteiger partial charge in [0.25, 0.3) is 0 Å². The normalized spacial score (nSPS) is 20.2. The van der Waals surface area contributed by atoms with Crippen LogP contribution in [-0.4, -0.2) is 22.4 Å². The lowest BCUT2D eigenvalue weighted by atomic mass is 9.93. The molecule has 1 amide bonds. The van der Waals surface area contributed by atoms with Crippen LogP contribution in [0.1, 0.15) is 54.9 Å². The largest absolute Gasteiger partial charge is 0.433 e. The highest BCUT2D eigenvalue weighted by Gasteiger charge is 2.37. The standard InChI is InChI=1S/C18H22F3N3O/c19-18(20,21)16-13-8-4-5-9-14(13)23-15(24-16)10-11-22-17(25)12-6-2-1-3-7-12/h1-2,12H,3-11H2,(H,22,25). The van der Waals surface area contributed by atoms with Crippen LogP contribution in [-0.2, 0) is 30.2 Å². The molecule has 1 heterocycles. The first-order valence-electron chi connectivity index (χ1n) is 8.83. The van der Waals surface area contributed by atoms with E-state index in [0.717, 1.165) is 32.1 Å². The first-order chi connectivity index (χ1) is 11.9. The van der Waals surface area contributed by atoms with Gasteiger partial charge < -0.3 is 5.32 Å². The summed E-state index contributed by atoms with van der Waals surface area (Å²) >= 11 is 0. The van der Waals surface area contributed by atoms with Crippen LogP contribution in [0.4, 0.5) is 13.2 Å². The number of nitrogens with zero attached hydrogens (tertiary/aromatic N) is 2. The third kappa shape index (κ3) is 4.38. The average molecular weight is 353 g/mol. The highest BCUT2D eigenvalue weighted by atomic mass is 19.4. The number of hydrogen-bond acceptors (Lipinski definition) is 3. The number of alkyl halides is 3. The highest BCUT2D eigenvalue weighted by molar-refractivity contribution is 5.78. The van der Waals surface area contributed by atoms with Gasteiger partial charge in [0.2, 0.25) is 5.91 Å². The fourth-order valence-corrected chi connectivity index (χ4v) is 3.47. The molecule has 0 bridgehead atoms. The summed E-state index contributed by atoms with van der Waals surface area (Å²) in [6.07, 6.45) is 4.78. The van der Waals surface area contributed by atoms with E-state index in [0.29, 0.717) is 18.5 Å². The molecule has 25 heavy (non-hydrogen) atoms. The Morgan fingerprint density at radius 2 is 2.00 bits per heavy atom. The van der Waals surface area contributed by atoms with Gasteiger partial charge in [0.1, 0.15) is 5.82 Å². The minimum Gasteiger partial charge on any atom is -0.355 e. The summed E-state index contributed by atoms with van der Waals surface area (Å²) in [6.45, 7) is 0.259. The molecule has 0 radical (unpaired) electrons. The lowest BCUT2D eigenvalue weighted by Gasteiger charge is -2.20. The molecule has 0 fully saturated rings. The van der Waals surface area contributed by atoms with Crippen molar-refractivity contribution in [2.45, 2.75) is 57.5 Å². The predicted octanol–water partition coefficient (Wildman–Crippen LogP) is 3.39. The third-order valence-corrected chi connectivity index (χ3v) is 4.79. The molecule has 1 aromatic rings. The summed E-state index contributed by atoms with van der Waals surface area (Å²) in [4.78, 5) is 20.2. The van der Waals surface area contributed by atoms with Crippen molar-refractivity contribution in [2.75, 3.05) is 6.54 Å². The van der Waals surface area contributed by atoms with E-state index in [-0.39, 0.29) is 36.2 Å². The van der Waals surface area contributed by atoms with E-state index in [2.05, 4.69) is 21.4 Å². The molecule has 4 nitrogen and oxygen atoms in total. The number of nitrogens with one attached hydrogen (secondary N) is 1. The van der Waals surface area contributed by atoms with Crippen molar-refractivity contribution in [1.29, 1.82) is 0 Å². The number of carbonyl (C=O) groups is 1. The number of amides is 1. The summed E-state index contributed by atoms with van der Waals surface area (Å²) in [5.41, 5.74) is -0.0243. The summed E-state index contributed by atoms with van der Waals surface area (Å²) in [6, 6.07) is 0. The van der Waals surface area contributed by atoms with Gasteiger partial charge in [0.15, 0.2) is 5.69 Å². The van der Waals surface area contributed by atoms with Gasteiger partial charge in [-0.15, -0.1) is 0 Å². The topological polar surface area (TPSA) is 54.9 Å². The maximum absolute atomic E-state index is 13.3. The number of hydrogen-bond donors (Lipinski definition) is 1. The number of aryl methyl sites for hydroxylation is 1. The van der Waals surface area contributed by atoms with Gasteiger partial charge in [-0.05, 0) is 44.9 Å². The van der Waals surface area contributed by atoms with Crippen LogP contribution in [0.3, 0.4) is 0 Å². The van der Waals surface area contributed by atoms with Gasteiger partial charge >= 0.3 is 6.18 Å². The summed E-state index contributed by atoms with van der Waals surface area (Å²) in [5, 5.41) is 2.81. The maximum atomic E-state index is 13.3. The number of aromatic nitrogens is 2. The van der Waals surface area contributed by atoms with Crippen molar-refractivity contribution in [1.82, 2.24) is 15.3 Å². The SMILES string of the molecule is O=C(NCCc1nc2c(c(C(F)(F)F)n1)CCCC2)C1CC=CCC1. The minimum atomic E-state index is -4.46. The zero-order valence-corrected chi connectivity index (χ0v) is 14.0. The Bertz CT molecular complexity index is 670. The second kappa shape index (κ2) is 7.54. The Morgan fingerprint density at radius 1 is 1.20 bits per heavy atom. The van der Waals surface area contributed by atoms with E-state index in [1.165, 1.54) is 0 Å². The van der Waals surface area contributed by atoms with Crippen molar-refractivity contribution in [3.63, 3.8) is 0 Å². The van der Waals surface area contributed by atoms with Crippen LogP contribution in [0.5, 0.6) is 0 Å². The number of halogens is 3. The molecule has 0 saturated heterocycles. The molecule has 1 aromatic heterocycles. The Labute approximate surface area is 144 Å². The Balaban J connectivity index is 1.66. The zero-order valence-electron chi connectivity index (χ0n) is 14.0. The minimum absolute atomic E-state index is 0.0415. The fraction of sp³-hybridized carbons (Fsp3) is 0.611. The van der Waals surface area contributed by atoms with E-state index in [1.54, 1.807) is 0 Å². The second-order valence-corrected chi connectivity index (χ2v) is 6.64. The molecule has 2 aliphatic carbocycles. The average Bonchev–Trinajstić information content (AvgIpc) is 2.61. The molecule has 0 spiro atoms. The van der Waals surface area contributed by atoms with Crippen LogP contribution in [0.15, 0.2) is 12.2 Å². The van der Waals surface area contributed by atoms with Gasteiger partial charge in [-0.25, -0.2) is 9.97 Å². The smallest absolute Gasteiger partial charge is 0.355 e. The highest BCUT2D eigenvalue weighted by Crippen LogP contribution is 2.34. The van der Waals surface area contributed by atoms with E-state index < -0.39 is 11.9 Å². The summed E-state index contributed by atoms with van der Waals surface area (Å²) < 4.78 is 39.8. The van der Waals surface area contributed by atoms with Crippen LogP contribution < -0.4 is 5.32 Å².